The van der Waals surface area contributed by atoms with Gasteiger partial charge in [0.05, 0.1) is 5.69 Å². The lowest BCUT2D eigenvalue weighted by molar-refractivity contribution is 1.06. The SMILES string of the molecule is Cc1nc(-c2ccc3ccccc3c2)sc1CN. The molecule has 0 amide bonds. The molecule has 0 unspecified atom stereocenters. The molecule has 0 saturated carbocycles. The first-order valence-electron chi connectivity index (χ1n) is 5.93. The van der Waals surface area contributed by atoms with Gasteiger partial charge in [-0.3, -0.25) is 0 Å². The van der Waals surface area contributed by atoms with Crippen LogP contribution in [-0.4, -0.2) is 4.98 Å². The summed E-state index contributed by atoms with van der Waals surface area (Å²) in [5, 5.41) is 3.56. The van der Waals surface area contributed by atoms with Gasteiger partial charge in [-0.1, -0.05) is 36.4 Å². The van der Waals surface area contributed by atoms with E-state index in [4.69, 9.17) is 5.73 Å². The highest BCUT2D eigenvalue weighted by atomic mass is 32.1. The molecule has 0 saturated heterocycles. The first-order chi connectivity index (χ1) is 8.78. The van der Waals surface area contributed by atoms with Crippen molar-refractivity contribution in [2.45, 2.75) is 13.5 Å². The Kier molecular flexibility index (Phi) is 2.86. The Hall–Kier alpha value is -1.71. The van der Waals surface area contributed by atoms with E-state index < -0.39 is 0 Å². The summed E-state index contributed by atoms with van der Waals surface area (Å²) in [7, 11) is 0. The molecule has 90 valence electrons. The predicted octanol–water partition coefficient (Wildman–Crippen LogP) is 3.73. The molecule has 3 aromatic rings. The minimum atomic E-state index is 0.567. The van der Waals surface area contributed by atoms with Gasteiger partial charge in [0.15, 0.2) is 0 Å². The molecule has 0 aliphatic rings. The van der Waals surface area contributed by atoms with Gasteiger partial charge in [-0.05, 0) is 23.8 Å². The summed E-state index contributed by atoms with van der Waals surface area (Å²) in [6.45, 7) is 2.58. The second kappa shape index (κ2) is 4.52. The molecule has 2 nitrogen and oxygen atoms in total. The molecule has 2 aromatic carbocycles. The maximum absolute atomic E-state index is 5.70. The van der Waals surface area contributed by atoms with Crippen LogP contribution < -0.4 is 5.73 Å². The summed E-state index contributed by atoms with van der Waals surface area (Å²) in [6.07, 6.45) is 0. The first kappa shape index (κ1) is 11.4. The maximum atomic E-state index is 5.70. The van der Waals surface area contributed by atoms with Crippen molar-refractivity contribution >= 4 is 22.1 Å². The fourth-order valence-electron chi connectivity index (χ4n) is 2.06. The average molecular weight is 254 g/mol. The zero-order chi connectivity index (χ0) is 12.5. The molecule has 0 spiro atoms. The Morgan fingerprint density at radius 1 is 1.11 bits per heavy atom. The lowest BCUT2D eigenvalue weighted by Gasteiger charge is -2.00. The van der Waals surface area contributed by atoms with Crippen LogP contribution in [0.2, 0.25) is 0 Å². The third-order valence-corrected chi connectivity index (χ3v) is 4.30. The van der Waals surface area contributed by atoms with Crippen molar-refractivity contribution < 1.29 is 0 Å². The van der Waals surface area contributed by atoms with Gasteiger partial charge in [0.1, 0.15) is 5.01 Å². The minimum absolute atomic E-state index is 0.567. The highest BCUT2D eigenvalue weighted by molar-refractivity contribution is 7.15. The van der Waals surface area contributed by atoms with Crippen molar-refractivity contribution in [2.24, 2.45) is 5.73 Å². The fraction of sp³-hybridized carbons (Fsp3) is 0.133. The molecule has 18 heavy (non-hydrogen) atoms. The van der Waals surface area contributed by atoms with Crippen LogP contribution in [0.1, 0.15) is 10.6 Å². The molecule has 0 atom stereocenters. The Labute approximate surface area is 110 Å². The van der Waals surface area contributed by atoms with E-state index in [0.717, 1.165) is 15.6 Å². The van der Waals surface area contributed by atoms with Crippen LogP contribution in [0.25, 0.3) is 21.3 Å². The number of benzene rings is 2. The molecule has 0 aliphatic carbocycles. The minimum Gasteiger partial charge on any atom is -0.326 e. The molecular weight excluding hydrogens is 240 g/mol. The number of hydrogen-bond donors (Lipinski definition) is 1. The quantitative estimate of drug-likeness (QED) is 0.756. The van der Waals surface area contributed by atoms with Crippen LogP contribution in [0.3, 0.4) is 0 Å². The first-order valence-corrected chi connectivity index (χ1v) is 6.75. The third kappa shape index (κ3) is 1.92. The Morgan fingerprint density at radius 3 is 2.61 bits per heavy atom. The number of fused-ring (bicyclic) bond motifs is 1. The number of hydrogen-bond acceptors (Lipinski definition) is 3. The summed E-state index contributed by atoms with van der Waals surface area (Å²) in [5.74, 6) is 0. The Morgan fingerprint density at radius 2 is 1.89 bits per heavy atom. The Bertz CT molecular complexity index is 701. The second-order valence-electron chi connectivity index (χ2n) is 4.29. The van der Waals surface area contributed by atoms with Crippen molar-refractivity contribution in [3.05, 3.63) is 53.0 Å². The van der Waals surface area contributed by atoms with E-state index >= 15 is 0 Å². The largest absolute Gasteiger partial charge is 0.326 e. The van der Waals surface area contributed by atoms with Gasteiger partial charge in [0.2, 0.25) is 0 Å². The molecule has 0 fully saturated rings. The van der Waals surface area contributed by atoms with Gasteiger partial charge in [-0.25, -0.2) is 4.98 Å². The molecule has 0 aliphatic heterocycles. The molecule has 1 aromatic heterocycles. The van der Waals surface area contributed by atoms with Crippen molar-refractivity contribution in [3.63, 3.8) is 0 Å². The van der Waals surface area contributed by atoms with Gasteiger partial charge in [-0.15, -0.1) is 11.3 Å². The zero-order valence-electron chi connectivity index (χ0n) is 10.2. The summed E-state index contributed by atoms with van der Waals surface area (Å²) >= 11 is 1.69. The van der Waals surface area contributed by atoms with Gasteiger partial charge in [0, 0.05) is 17.0 Å². The number of thiazole rings is 1. The lowest BCUT2D eigenvalue weighted by Crippen LogP contribution is -1.94. The molecule has 0 bridgehead atoms. The van der Waals surface area contributed by atoms with Crippen molar-refractivity contribution in [2.75, 3.05) is 0 Å². The number of nitrogens with zero attached hydrogens (tertiary/aromatic N) is 1. The van der Waals surface area contributed by atoms with Crippen LogP contribution in [0.4, 0.5) is 0 Å². The highest BCUT2D eigenvalue weighted by Gasteiger charge is 2.08. The zero-order valence-corrected chi connectivity index (χ0v) is 11.0. The number of aryl methyl sites for hydroxylation is 1. The fourth-order valence-corrected chi connectivity index (χ4v) is 3.00. The van der Waals surface area contributed by atoms with Gasteiger partial charge in [0.25, 0.3) is 0 Å². The van der Waals surface area contributed by atoms with Crippen molar-refractivity contribution in [1.29, 1.82) is 0 Å². The van der Waals surface area contributed by atoms with Gasteiger partial charge < -0.3 is 5.73 Å². The third-order valence-electron chi connectivity index (χ3n) is 3.07. The molecule has 0 radical (unpaired) electrons. The Balaban J connectivity index is 2.13. The topological polar surface area (TPSA) is 38.9 Å². The monoisotopic (exact) mass is 254 g/mol. The normalized spacial score (nSPS) is 11.0. The number of rotatable bonds is 2. The average Bonchev–Trinajstić information content (AvgIpc) is 2.79. The van der Waals surface area contributed by atoms with E-state index in [1.165, 1.54) is 16.3 Å². The van der Waals surface area contributed by atoms with Crippen LogP contribution in [0.5, 0.6) is 0 Å². The van der Waals surface area contributed by atoms with E-state index in [9.17, 15) is 0 Å². The second-order valence-corrected chi connectivity index (χ2v) is 5.38. The number of aromatic nitrogens is 1. The van der Waals surface area contributed by atoms with E-state index in [1.54, 1.807) is 11.3 Å². The summed E-state index contributed by atoms with van der Waals surface area (Å²) in [5.41, 5.74) is 7.92. The molecule has 3 heteroatoms. The van der Waals surface area contributed by atoms with Crippen LogP contribution in [0.15, 0.2) is 42.5 Å². The molecular formula is C15H14N2S. The molecule has 3 rings (SSSR count). The predicted molar refractivity (Wildman–Crippen MR) is 77.7 cm³/mol. The van der Waals surface area contributed by atoms with E-state index in [1.807, 2.05) is 6.92 Å². The van der Waals surface area contributed by atoms with Crippen molar-refractivity contribution in [1.82, 2.24) is 4.98 Å². The summed E-state index contributed by atoms with van der Waals surface area (Å²) in [6, 6.07) is 14.8. The van der Waals surface area contributed by atoms with E-state index in [2.05, 4.69) is 47.4 Å². The van der Waals surface area contributed by atoms with Crippen LogP contribution >= 0.6 is 11.3 Å². The highest BCUT2D eigenvalue weighted by Crippen LogP contribution is 2.29. The van der Waals surface area contributed by atoms with Gasteiger partial charge in [-0.2, -0.15) is 0 Å². The summed E-state index contributed by atoms with van der Waals surface area (Å²) < 4.78 is 0. The van der Waals surface area contributed by atoms with Crippen LogP contribution in [0, 0.1) is 6.92 Å². The van der Waals surface area contributed by atoms with Crippen LogP contribution in [-0.2, 0) is 6.54 Å². The number of nitrogens with two attached hydrogens (primary N) is 1. The molecule has 1 heterocycles. The van der Waals surface area contributed by atoms with Crippen molar-refractivity contribution in [3.8, 4) is 10.6 Å². The smallest absolute Gasteiger partial charge is 0.123 e. The molecule has 2 N–H and O–H groups in total. The van der Waals surface area contributed by atoms with Gasteiger partial charge >= 0.3 is 0 Å². The standard InChI is InChI=1S/C15H14N2S/c1-10-14(9-16)18-15(17-10)13-7-6-11-4-2-3-5-12(11)8-13/h2-8H,9,16H2,1H3. The maximum Gasteiger partial charge on any atom is 0.123 e. The summed E-state index contributed by atoms with van der Waals surface area (Å²) in [4.78, 5) is 5.76. The lowest BCUT2D eigenvalue weighted by atomic mass is 10.1. The van der Waals surface area contributed by atoms with E-state index in [0.29, 0.717) is 6.54 Å². The van der Waals surface area contributed by atoms with E-state index in [-0.39, 0.29) is 0 Å².